The van der Waals surface area contributed by atoms with Gasteiger partial charge in [-0.2, -0.15) is 8.78 Å². The maximum Gasteiger partial charge on any atom is 0.379 e. The summed E-state index contributed by atoms with van der Waals surface area (Å²) in [4.78, 5) is 10.4. The first-order valence-corrected chi connectivity index (χ1v) is 4.81. The molecule has 0 spiro atoms. The molecule has 0 amide bonds. The molecule has 0 bridgehead atoms. The predicted molar refractivity (Wildman–Crippen MR) is 54.2 cm³/mol. The van der Waals surface area contributed by atoms with E-state index >= 15 is 0 Å². The molecule has 0 aliphatic heterocycles. The Bertz CT molecular complexity index is 407. The maximum absolute atomic E-state index is 13.3. The van der Waals surface area contributed by atoms with Crippen molar-refractivity contribution in [3.63, 3.8) is 0 Å². The Morgan fingerprint density at radius 1 is 1.56 bits per heavy atom. The van der Waals surface area contributed by atoms with Crippen LogP contribution >= 0.6 is 11.6 Å². The van der Waals surface area contributed by atoms with Crippen LogP contribution in [0.2, 0.25) is 5.02 Å². The van der Waals surface area contributed by atoms with Gasteiger partial charge in [0.1, 0.15) is 5.75 Å². The Morgan fingerprint density at radius 2 is 2.19 bits per heavy atom. The highest BCUT2D eigenvalue weighted by atomic mass is 35.5. The van der Waals surface area contributed by atoms with E-state index in [2.05, 4.69) is 0 Å². The number of carbonyl (C=O) groups is 1. The molecule has 0 saturated heterocycles. The number of aliphatic carboxylic acids is 1. The topological polar surface area (TPSA) is 46.5 Å². The Hall–Kier alpha value is -1.36. The molecule has 6 heteroatoms. The zero-order chi connectivity index (χ0) is 12.3. The zero-order valence-corrected chi connectivity index (χ0v) is 9.09. The third kappa shape index (κ3) is 2.41. The minimum atomic E-state index is -4.02. The molecule has 0 unspecified atom stereocenters. The highest BCUT2D eigenvalue weighted by molar-refractivity contribution is 6.30. The lowest BCUT2D eigenvalue weighted by Gasteiger charge is -2.16. The van der Waals surface area contributed by atoms with Crippen molar-refractivity contribution in [1.82, 2.24) is 0 Å². The first-order valence-electron chi connectivity index (χ1n) is 4.43. The van der Waals surface area contributed by atoms with E-state index in [4.69, 9.17) is 21.4 Å². The average molecular weight is 251 g/mol. The van der Waals surface area contributed by atoms with E-state index < -0.39 is 17.5 Å². The molecule has 0 radical (unpaired) electrons. The van der Waals surface area contributed by atoms with E-state index in [1.54, 1.807) is 6.92 Å². The molecule has 3 nitrogen and oxygen atoms in total. The van der Waals surface area contributed by atoms with Gasteiger partial charge in [-0.3, -0.25) is 0 Å². The van der Waals surface area contributed by atoms with Gasteiger partial charge in [-0.05, 0) is 25.1 Å². The number of ether oxygens (including phenoxy) is 1. The molecule has 0 fully saturated rings. The molecular formula is C10H9ClF2O3. The second-order valence-electron chi connectivity index (χ2n) is 2.95. The number of hydrogen-bond acceptors (Lipinski definition) is 2. The number of hydrogen-bond donors (Lipinski definition) is 1. The molecule has 0 aliphatic carbocycles. The van der Waals surface area contributed by atoms with Gasteiger partial charge in [0.25, 0.3) is 0 Å². The summed E-state index contributed by atoms with van der Waals surface area (Å²) in [5, 5.41) is 8.46. The summed E-state index contributed by atoms with van der Waals surface area (Å²) in [5.74, 6) is -6.44. The first kappa shape index (κ1) is 12.7. The molecule has 1 rings (SSSR count). The molecule has 0 atom stereocenters. The van der Waals surface area contributed by atoms with E-state index in [-0.39, 0.29) is 17.4 Å². The molecule has 0 aromatic heterocycles. The van der Waals surface area contributed by atoms with Gasteiger partial charge >= 0.3 is 11.9 Å². The van der Waals surface area contributed by atoms with Crippen molar-refractivity contribution in [2.45, 2.75) is 12.8 Å². The van der Waals surface area contributed by atoms with Crippen LogP contribution in [0.4, 0.5) is 8.78 Å². The van der Waals surface area contributed by atoms with Crippen LogP contribution in [0.3, 0.4) is 0 Å². The van der Waals surface area contributed by atoms with Gasteiger partial charge in [0, 0.05) is 5.02 Å². The smallest absolute Gasteiger partial charge is 0.379 e. The van der Waals surface area contributed by atoms with Crippen LogP contribution in [-0.4, -0.2) is 17.7 Å². The standard InChI is InChI=1S/C10H9ClF2O3/c1-2-16-8-4-3-6(11)5-7(8)10(12,13)9(14)15/h3-5H,2H2,1H3,(H,14,15). The lowest BCUT2D eigenvalue weighted by molar-refractivity contribution is -0.166. The van der Waals surface area contributed by atoms with Crippen LogP contribution < -0.4 is 4.74 Å². The number of rotatable bonds is 4. The molecule has 16 heavy (non-hydrogen) atoms. The fraction of sp³-hybridized carbons (Fsp3) is 0.300. The summed E-state index contributed by atoms with van der Waals surface area (Å²) in [5.41, 5.74) is -0.741. The number of alkyl halides is 2. The van der Waals surface area contributed by atoms with Gasteiger partial charge in [0.2, 0.25) is 0 Å². The quantitative estimate of drug-likeness (QED) is 0.894. The SMILES string of the molecule is CCOc1ccc(Cl)cc1C(F)(F)C(=O)O. The lowest BCUT2D eigenvalue weighted by Crippen LogP contribution is -2.26. The molecule has 1 aromatic rings. The van der Waals surface area contributed by atoms with E-state index in [0.29, 0.717) is 0 Å². The van der Waals surface area contributed by atoms with Crippen molar-refractivity contribution in [1.29, 1.82) is 0 Å². The van der Waals surface area contributed by atoms with Crippen molar-refractivity contribution in [3.05, 3.63) is 28.8 Å². The maximum atomic E-state index is 13.3. The Morgan fingerprint density at radius 3 is 2.69 bits per heavy atom. The number of carboxylic acids is 1. The lowest BCUT2D eigenvalue weighted by atomic mass is 10.1. The van der Waals surface area contributed by atoms with Crippen molar-refractivity contribution in [2.75, 3.05) is 6.61 Å². The van der Waals surface area contributed by atoms with Crippen LogP contribution in [0.1, 0.15) is 12.5 Å². The molecule has 1 N–H and O–H groups in total. The normalized spacial score (nSPS) is 11.2. The fourth-order valence-corrected chi connectivity index (χ4v) is 1.32. The Labute approximate surface area is 95.6 Å². The van der Waals surface area contributed by atoms with E-state index in [1.165, 1.54) is 12.1 Å². The minimum Gasteiger partial charge on any atom is -0.493 e. The van der Waals surface area contributed by atoms with E-state index in [1.807, 2.05) is 0 Å². The van der Waals surface area contributed by atoms with Gasteiger partial charge in [0.15, 0.2) is 0 Å². The summed E-state index contributed by atoms with van der Waals surface area (Å²) in [6, 6.07) is 3.46. The minimum absolute atomic E-state index is 0.0272. The van der Waals surface area contributed by atoms with Gasteiger partial charge in [-0.25, -0.2) is 4.79 Å². The average Bonchev–Trinajstić information content (AvgIpc) is 2.20. The van der Waals surface area contributed by atoms with Gasteiger partial charge in [0.05, 0.1) is 12.2 Å². The number of benzene rings is 1. The van der Waals surface area contributed by atoms with E-state index in [9.17, 15) is 13.6 Å². The number of carboxylic acid groups (broad SMARTS) is 1. The molecule has 88 valence electrons. The van der Waals surface area contributed by atoms with Crippen molar-refractivity contribution >= 4 is 17.6 Å². The summed E-state index contributed by atoms with van der Waals surface area (Å²) in [7, 11) is 0. The summed E-state index contributed by atoms with van der Waals surface area (Å²) in [6.07, 6.45) is 0. The second kappa shape index (κ2) is 4.65. The van der Waals surface area contributed by atoms with Crippen LogP contribution in [-0.2, 0) is 10.7 Å². The Balaban J connectivity index is 3.29. The Kier molecular flexibility index (Phi) is 3.70. The third-order valence-corrected chi connectivity index (χ3v) is 2.08. The van der Waals surface area contributed by atoms with Crippen molar-refractivity contribution in [3.8, 4) is 5.75 Å². The largest absolute Gasteiger partial charge is 0.493 e. The highest BCUT2D eigenvalue weighted by Crippen LogP contribution is 2.36. The highest BCUT2D eigenvalue weighted by Gasteiger charge is 2.43. The summed E-state index contributed by atoms with van der Waals surface area (Å²) >= 11 is 5.55. The number of halogens is 3. The summed E-state index contributed by atoms with van der Waals surface area (Å²) in [6.45, 7) is 1.77. The molecular weight excluding hydrogens is 242 g/mol. The molecule has 0 heterocycles. The fourth-order valence-electron chi connectivity index (χ4n) is 1.14. The third-order valence-electron chi connectivity index (χ3n) is 1.85. The first-order chi connectivity index (χ1) is 7.39. The zero-order valence-electron chi connectivity index (χ0n) is 8.34. The monoisotopic (exact) mass is 250 g/mol. The van der Waals surface area contributed by atoms with Crippen LogP contribution in [0.15, 0.2) is 18.2 Å². The van der Waals surface area contributed by atoms with Crippen molar-refractivity contribution in [2.24, 2.45) is 0 Å². The predicted octanol–water partition coefficient (Wildman–Crippen LogP) is 2.92. The van der Waals surface area contributed by atoms with Gasteiger partial charge < -0.3 is 9.84 Å². The summed E-state index contributed by atoms with van der Waals surface area (Å²) < 4.78 is 31.5. The van der Waals surface area contributed by atoms with Gasteiger partial charge in [-0.1, -0.05) is 11.6 Å². The molecule has 0 aliphatic rings. The van der Waals surface area contributed by atoms with Crippen molar-refractivity contribution < 1.29 is 23.4 Å². The molecule has 1 aromatic carbocycles. The second-order valence-corrected chi connectivity index (χ2v) is 3.39. The van der Waals surface area contributed by atoms with Crippen LogP contribution in [0, 0.1) is 0 Å². The van der Waals surface area contributed by atoms with Gasteiger partial charge in [-0.15, -0.1) is 0 Å². The molecule has 0 saturated carbocycles. The van der Waals surface area contributed by atoms with Crippen LogP contribution in [0.5, 0.6) is 5.75 Å². The van der Waals surface area contributed by atoms with E-state index in [0.717, 1.165) is 6.07 Å². The van der Waals surface area contributed by atoms with Crippen LogP contribution in [0.25, 0.3) is 0 Å².